The Balaban J connectivity index is 2.50. The number of aliphatic hydroxyl groups is 1. The van der Waals surface area contributed by atoms with Gasteiger partial charge in [-0.2, -0.15) is 0 Å². The number of hydrogen-bond acceptors (Lipinski definition) is 3. The van der Waals surface area contributed by atoms with Gasteiger partial charge in [0.2, 0.25) is 0 Å². The Kier molecular flexibility index (Phi) is 4.53. The van der Waals surface area contributed by atoms with Crippen LogP contribution >= 0.6 is 0 Å². The van der Waals surface area contributed by atoms with Crippen molar-refractivity contribution in [2.24, 2.45) is 0 Å². The molecule has 2 aromatic carbocycles. The summed E-state index contributed by atoms with van der Waals surface area (Å²) in [5, 5.41) is 8.85. The zero-order valence-electron chi connectivity index (χ0n) is 11.7. The van der Waals surface area contributed by atoms with E-state index in [2.05, 4.69) is 0 Å². The Bertz CT molecular complexity index is 618. The normalized spacial score (nSPS) is 10.3. The van der Waals surface area contributed by atoms with Crippen LogP contribution in [0.5, 0.6) is 5.75 Å². The van der Waals surface area contributed by atoms with Crippen LogP contribution in [0.15, 0.2) is 36.4 Å². The predicted molar refractivity (Wildman–Crippen MR) is 79.3 cm³/mol. The van der Waals surface area contributed by atoms with Crippen LogP contribution in [0.25, 0.3) is 11.1 Å². The van der Waals surface area contributed by atoms with Crippen molar-refractivity contribution in [1.29, 1.82) is 0 Å². The maximum Gasteiger partial charge on any atom is 0.150 e. The van der Waals surface area contributed by atoms with Gasteiger partial charge in [0.05, 0.1) is 6.61 Å². The average molecular weight is 270 g/mol. The molecule has 0 aliphatic heterocycles. The summed E-state index contributed by atoms with van der Waals surface area (Å²) in [4.78, 5) is 11.1. The Morgan fingerprint density at radius 3 is 2.35 bits per heavy atom. The minimum atomic E-state index is -0.0106. The van der Waals surface area contributed by atoms with Gasteiger partial charge in [-0.25, -0.2) is 0 Å². The van der Waals surface area contributed by atoms with Crippen LogP contribution in [0.2, 0.25) is 0 Å². The molecule has 0 radical (unpaired) electrons. The third-order valence-electron chi connectivity index (χ3n) is 3.43. The molecule has 2 rings (SSSR count). The van der Waals surface area contributed by atoms with E-state index >= 15 is 0 Å². The molecule has 0 aliphatic rings. The van der Waals surface area contributed by atoms with Crippen LogP contribution in [0.4, 0.5) is 0 Å². The molecule has 0 aliphatic carbocycles. The lowest BCUT2D eigenvalue weighted by molar-refractivity contribution is 0.112. The second-order valence-electron chi connectivity index (χ2n) is 4.64. The number of carbonyl (C=O) groups excluding carboxylic acids is 1. The standard InChI is InChI=1S/C17H18O3/c1-12-14(11-19)5-3-6-15(12)16-7-4-8-17(13(16)2)20-10-9-18/h3-8,11,18H,9-10H2,1-2H3. The molecule has 0 heterocycles. The maximum absolute atomic E-state index is 11.1. The van der Waals surface area contributed by atoms with Crippen molar-refractivity contribution in [3.8, 4) is 16.9 Å². The van der Waals surface area contributed by atoms with E-state index in [-0.39, 0.29) is 13.2 Å². The van der Waals surface area contributed by atoms with Crippen molar-refractivity contribution in [3.63, 3.8) is 0 Å². The predicted octanol–water partition coefficient (Wildman–Crippen LogP) is 3.15. The second kappa shape index (κ2) is 6.35. The van der Waals surface area contributed by atoms with Crippen molar-refractivity contribution >= 4 is 6.29 Å². The summed E-state index contributed by atoms with van der Waals surface area (Å²) in [5.74, 6) is 0.757. The molecule has 0 unspecified atom stereocenters. The molecule has 0 amide bonds. The monoisotopic (exact) mass is 270 g/mol. The first-order valence-electron chi connectivity index (χ1n) is 6.57. The Morgan fingerprint density at radius 2 is 1.70 bits per heavy atom. The van der Waals surface area contributed by atoms with Gasteiger partial charge in [-0.1, -0.05) is 30.3 Å². The molecule has 104 valence electrons. The molecule has 3 heteroatoms. The zero-order valence-corrected chi connectivity index (χ0v) is 11.7. The molecule has 1 N–H and O–H groups in total. The molecule has 2 aromatic rings. The number of carbonyl (C=O) groups is 1. The van der Waals surface area contributed by atoms with Crippen LogP contribution in [0.3, 0.4) is 0 Å². The highest BCUT2D eigenvalue weighted by Crippen LogP contribution is 2.32. The number of rotatable bonds is 5. The summed E-state index contributed by atoms with van der Waals surface area (Å²) in [7, 11) is 0. The van der Waals surface area contributed by atoms with Crippen molar-refractivity contribution < 1.29 is 14.6 Å². The van der Waals surface area contributed by atoms with Crippen LogP contribution in [-0.2, 0) is 0 Å². The lowest BCUT2D eigenvalue weighted by Crippen LogP contribution is -2.03. The SMILES string of the molecule is Cc1c(C=O)cccc1-c1cccc(OCCO)c1C. The fraction of sp³-hybridized carbons (Fsp3) is 0.235. The summed E-state index contributed by atoms with van der Waals surface area (Å²) in [5.41, 5.74) is 4.74. The van der Waals surface area contributed by atoms with Crippen molar-refractivity contribution in [2.45, 2.75) is 13.8 Å². The highest BCUT2D eigenvalue weighted by molar-refractivity contribution is 5.83. The zero-order chi connectivity index (χ0) is 14.5. The fourth-order valence-electron chi connectivity index (χ4n) is 2.29. The number of hydrogen-bond donors (Lipinski definition) is 1. The highest BCUT2D eigenvalue weighted by atomic mass is 16.5. The van der Waals surface area contributed by atoms with E-state index in [4.69, 9.17) is 9.84 Å². The number of aliphatic hydroxyl groups excluding tert-OH is 1. The molecule has 0 aromatic heterocycles. The van der Waals surface area contributed by atoms with Crippen molar-refractivity contribution in [1.82, 2.24) is 0 Å². The first-order valence-corrected chi connectivity index (χ1v) is 6.57. The van der Waals surface area contributed by atoms with E-state index in [1.165, 1.54) is 0 Å². The third-order valence-corrected chi connectivity index (χ3v) is 3.43. The average Bonchev–Trinajstić information content (AvgIpc) is 2.47. The van der Waals surface area contributed by atoms with Gasteiger partial charge < -0.3 is 9.84 Å². The van der Waals surface area contributed by atoms with Gasteiger partial charge in [0.25, 0.3) is 0 Å². The molecule has 0 saturated heterocycles. The Morgan fingerprint density at radius 1 is 1.05 bits per heavy atom. The van der Waals surface area contributed by atoms with Gasteiger partial charge in [-0.05, 0) is 42.2 Å². The maximum atomic E-state index is 11.1. The van der Waals surface area contributed by atoms with Gasteiger partial charge in [-0.15, -0.1) is 0 Å². The minimum absolute atomic E-state index is 0.0106. The van der Waals surface area contributed by atoms with Crippen LogP contribution in [0.1, 0.15) is 21.5 Å². The molecule has 3 nitrogen and oxygen atoms in total. The lowest BCUT2D eigenvalue weighted by atomic mass is 9.93. The smallest absolute Gasteiger partial charge is 0.150 e. The van der Waals surface area contributed by atoms with E-state index < -0.39 is 0 Å². The van der Waals surface area contributed by atoms with Crippen LogP contribution < -0.4 is 4.74 Å². The van der Waals surface area contributed by atoms with Crippen LogP contribution in [0, 0.1) is 13.8 Å². The molecule has 20 heavy (non-hydrogen) atoms. The Hall–Kier alpha value is -2.13. The Labute approximate surface area is 118 Å². The number of benzene rings is 2. The third kappa shape index (κ3) is 2.73. The van der Waals surface area contributed by atoms with E-state index in [1.807, 2.05) is 50.2 Å². The van der Waals surface area contributed by atoms with Gasteiger partial charge in [0.1, 0.15) is 18.6 Å². The molecule has 0 saturated carbocycles. The molecular formula is C17H18O3. The van der Waals surface area contributed by atoms with E-state index in [9.17, 15) is 4.79 Å². The van der Waals surface area contributed by atoms with Gasteiger partial charge in [0.15, 0.2) is 0 Å². The first-order chi connectivity index (χ1) is 9.69. The van der Waals surface area contributed by atoms with Gasteiger partial charge in [0, 0.05) is 5.56 Å². The van der Waals surface area contributed by atoms with Crippen molar-refractivity contribution in [2.75, 3.05) is 13.2 Å². The largest absolute Gasteiger partial charge is 0.491 e. The summed E-state index contributed by atoms with van der Waals surface area (Å²) in [6.45, 7) is 4.19. The summed E-state index contributed by atoms with van der Waals surface area (Å²) < 4.78 is 5.52. The summed E-state index contributed by atoms with van der Waals surface area (Å²) in [6, 6.07) is 11.5. The number of aldehydes is 1. The molecular weight excluding hydrogens is 252 g/mol. The molecule has 0 atom stereocenters. The van der Waals surface area contributed by atoms with E-state index in [1.54, 1.807) is 0 Å². The van der Waals surface area contributed by atoms with E-state index in [0.717, 1.165) is 34.3 Å². The first kappa shape index (κ1) is 14.3. The van der Waals surface area contributed by atoms with E-state index in [0.29, 0.717) is 5.56 Å². The quantitative estimate of drug-likeness (QED) is 0.849. The van der Waals surface area contributed by atoms with Crippen molar-refractivity contribution in [3.05, 3.63) is 53.1 Å². The van der Waals surface area contributed by atoms with Crippen LogP contribution in [-0.4, -0.2) is 24.6 Å². The lowest BCUT2D eigenvalue weighted by Gasteiger charge is -2.14. The number of ether oxygens (including phenoxy) is 1. The summed E-state index contributed by atoms with van der Waals surface area (Å²) >= 11 is 0. The summed E-state index contributed by atoms with van der Waals surface area (Å²) in [6.07, 6.45) is 0.875. The molecule has 0 bridgehead atoms. The highest BCUT2D eigenvalue weighted by Gasteiger charge is 2.11. The second-order valence-corrected chi connectivity index (χ2v) is 4.64. The minimum Gasteiger partial charge on any atom is -0.491 e. The van der Waals surface area contributed by atoms with Gasteiger partial charge >= 0.3 is 0 Å². The molecule has 0 fully saturated rings. The topological polar surface area (TPSA) is 46.5 Å². The fourth-order valence-corrected chi connectivity index (χ4v) is 2.29. The van der Waals surface area contributed by atoms with Gasteiger partial charge in [-0.3, -0.25) is 4.79 Å². The molecule has 0 spiro atoms.